The van der Waals surface area contributed by atoms with Crippen molar-refractivity contribution >= 4 is 17.5 Å². The number of hydrogen-bond donors (Lipinski definition) is 1. The summed E-state index contributed by atoms with van der Waals surface area (Å²) < 4.78 is 18.9. The van der Waals surface area contributed by atoms with Gasteiger partial charge in [0.05, 0.1) is 6.10 Å². The Kier molecular flexibility index (Phi) is 7.34. The predicted octanol–water partition coefficient (Wildman–Crippen LogP) is 4.03. The van der Waals surface area contributed by atoms with Gasteiger partial charge in [-0.25, -0.2) is 4.39 Å². The summed E-state index contributed by atoms with van der Waals surface area (Å²) in [6, 6.07) is 11.7. The molecule has 2 aromatic rings. The van der Waals surface area contributed by atoms with Crippen LogP contribution in [0.25, 0.3) is 0 Å². The normalized spacial score (nSPS) is 20.8. The molecule has 1 amide bonds. The van der Waals surface area contributed by atoms with Gasteiger partial charge in [-0.05, 0) is 56.7 Å². The van der Waals surface area contributed by atoms with Crippen molar-refractivity contribution in [3.63, 3.8) is 0 Å². The first-order valence-electron chi connectivity index (χ1n) is 10.1. The van der Waals surface area contributed by atoms with Crippen molar-refractivity contribution in [2.75, 3.05) is 19.7 Å². The van der Waals surface area contributed by atoms with Crippen molar-refractivity contribution in [3.8, 4) is 5.75 Å². The average Bonchev–Trinajstić information content (AvgIpc) is 2.70. The SMILES string of the molecule is CC(O)c1cc(Cl)ccc1OCC(=O)N1CC(C)N(Cc2ccc(F)cc2)CC1C. The standard InChI is InChI=1S/C23H28ClFN2O3/c1-15-12-27(16(2)11-26(15)13-18-4-7-20(25)8-5-18)23(29)14-30-22-9-6-19(24)10-21(22)17(3)28/h4-10,15-17,28H,11-14H2,1-3H3. The van der Waals surface area contributed by atoms with Gasteiger partial charge < -0.3 is 14.7 Å². The van der Waals surface area contributed by atoms with Crippen LogP contribution in [0.15, 0.2) is 42.5 Å². The van der Waals surface area contributed by atoms with Crippen molar-refractivity contribution in [1.82, 2.24) is 9.80 Å². The molecule has 0 aliphatic carbocycles. The van der Waals surface area contributed by atoms with Crippen molar-refractivity contribution in [2.45, 2.75) is 45.5 Å². The van der Waals surface area contributed by atoms with E-state index in [-0.39, 0.29) is 30.4 Å². The van der Waals surface area contributed by atoms with E-state index in [1.165, 1.54) is 12.1 Å². The van der Waals surface area contributed by atoms with Gasteiger partial charge in [0.25, 0.3) is 5.91 Å². The zero-order chi connectivity index (χ0) is 21.8. The lowest BCUT2D eigenvalue weighted by molar-refractivity contribution is -0.139. The summed E-state index contributed by atoms with van der Waals surface area (Å²) in [5.74, 6) is 0.121. The molecule has 3 atom stereocenters. The minimum Gasteiger partial charge on any atom is -0.483 e. The molecule has 7 heteroatoms. The quantitative estimate of drug-likeness (QED) is 0.745. The third-order valence-corrected chi connectivity index (χ3v) is 5.74. The van der Waals surface area contributed by atoms with E-state index in [9.17, 15) is 14.3 Å². The number of rotatable bonds is 6. The van der Waals surface area contributed by atoms with Gasteiger partial charge in [-0.15, -0.1) is 0 Å². The zero-order valence-electron chi connectivity index (χ0n) is 17.5. The second-order valence-corrected chi connectivity index (χ2v) is 8.38. The molecular formula is C23H28ClFN2O3. The number of aliphatic hydroxyl groups excluding tert-OH is 1. The summed E-state index contributed by atoms with van der Waals surface area (Å²) >= 11 is 5.99. The maximum Gasteiger partial charge on any atom is 0.260 e. The molecule has 1 aliphatic rings. The molecule has 5 nitrogen and oxygen atoms in total. The first-order valence-corrected chi connectivity index (χ1v) is 10.5. The van der Waals surface area contributed by atoms with Gasteiger partial charge in [0.2, 0.25) is 0 Å². The van der Waals surface area contributed by atoms with Crippen molar-refractivity contribution in [3.05, 3.63) is 64.4 Å². The molecule has 1 N–H and O–H groups in total. The van der Waals surface area contributed by atoms with Crippen LogP contribution in [-0.2, 0) is 11.3 Å². The Bertz CT molecular complexity index is 875. The number of nitrogens with zero attached hydrogens (tertiary/aromatic N) is 2. The molecule has 0 radical (unpaired) electrons. The zero-order valence-corrected chi connectivity index (χ0v) is 18.3. The number of amides is 1. The Hall–Kier alpha value is -2.15. The minimum absolute atomic E-state index is 0.0270. The Morgan fingerprint density at radius 3 is 2.57 bits per heavy atom. The first-order chi connectivity index (χ1) is 14.2. The molecule has 3 unspecified atom stereocenters. The van der Waals surface area contributed by atoms with Crippen LogP contribution in [0.3, 0.4) is 0 Å². The number of hydrogen-bond acceptors (Lipinski definition) is 4. The molecule has 30 heavy (non-hydrogen) atoms. The maximum absolute atomic E-state index is 13.1. The number of ether oxygens (including phenoxy) is 1. The highest BCUT2D eigenvalue weighted by atomic mass is 35.5. The van der Waals surface area contributed by atoms with E-state index in [0.29, 0.717) is 29.4 Å². The highest BCUT2D eigenvalue weighted by molar-refractivity contribution is 6.30. The highest BCUT2D eigenvalue weighted by Gasteiger charge is 2.32. The Morgan fingerprint density at radius 1 is 1.20 bits per heavy atom. The molecule has 0 saturated carbocycles. The van der Waals surface area contributed by atoms with Crippen molar-refractivity contribution in [1.29, 1.82) is 0 Å². The van der Waals surface area contributed by atoms with Gasteiger partial charge in [-0.2, -0.15) is 0 Å². The second-order valence-electron chi connectivity index (χ2n) is 7.95. The Morgan fingerprint density at radius 2 is 1.90 bits per heavy atom. The number of halogens is 2. The van der Waals surface area contributed by atoms with Crippen LogP contribution < -0.4 is 4.74 Å². The fraction of sp³-hybridized carbons (Fsp3) is 0.435. The van der Waals surface area contributed by atoms with E-state index in [1.54, 1.807) is 37.3 Å². The molecule has 1 saturated heterocycles. The smallest absolute Gasteiger partial charge is 0.260 e. The van der Waals surface area contributed by atoms with E-state index in [1.807, 2.05) is 11.8 Å². The summed E-state index contributed by atoms with van der Waals surface area (Å²) in [5.41, 5.74) is 1.60. The van der Waals surface area contributed by atoms with Gasteiger partial charge in [-0.3, -0.25) is 9.69 Å². The van der Waals surface area contributed by atoms with Gasteiger partial charge in [0, 0.05) is 42.3 Å². The monoisotopic (exact) mass is 434 g/mol. The fourth-order valence-electron chi connectivity index (χ4n) is 3.79. The van der Waals surface area contributed by atoms with Crippen LogP contribution in [0.4, 0.5) is 4.39 Å². The number of benzene rings is 2. The third kappa shape index (κ3) is 5.50. The van der Waals surface area contributed by atoms with Crippen LogP contribution >= 0.6 is 11.6 Å². The van der Waals surface area contributed by atoms with Crippen LogP contribution in [0.2, 0.25) is 5.02 Å². The highest BCUT2D eigenvalue weighted by Crippen LogP contribution is 2.28. The molecule has 1 heterocycles. The van der Waals surface area contributed by atoms with E-state index < -0.39 is 6.10 Å². The molecule has 3 rings (SSSR count). The van der Waals surface area contributed by atoms with Crippen LogP contribution in [0, 0.1) is 5.82 Å². The number of aliphatic hydroxyl groups is 1. The van der Waals surface area contributed by atoms with Gasteiger partial charge >= 0.3 is 0 Å². The van der Waals surface area contributed by atoms with Crippen LogP contribution in [-0.4, -0.2) is 52.6 Å². The number of carbonyl (C=O) groups excluding carboxylic acids is 1. The summed E-state index contributed by atoms with van der Waals surface area (Å²) in [6.45, 7) is 7.67. The lowest BCUT2D eigenvalue weighted by Gasteiger charge is -2.44. The molecule has 1 fully saturated rings. The largest absolute Gasteiger partial charge is 0.483 e. The second kappa shape index (κ2) is 9.77. The maximum atomic E-state index is 13.1. The summed E-state index contributed by atoms with van der Waals surface area (Å²) in [6.07, 6.45) is -0.747. The summed E-state index contributed by atoms with van der Waals surface area (Å²) in [5, 5.41) is 10.4. The van der Waals surface area contributed by atoms with E-state index >= 15 is 0 Å². The molecule has 0 bridgehead atoms. The minimum atomic E-state index is -0.747. The van der Waals surface area contributed by atoms with Crippen LogP contribution in [0.5, 0.6) is 5.75 Å². The van der Waals surface area contributed by atoms with E-state index in [2.05, 4.69) is 11.8 Å². The van der Waals surface area contributed by atoms with Crippen molar-refractivity contribution in [2.24, 2.45) is 0 Å². The topological polar surface area (TPSA) is 53.0 Å². The first kappa shape index (κ1) is 22.5. The van der Waals surface area contributed by atoms with Gasteiger partial charge in [0.15, 0.2) is 6.61 Å². The third-order valence-electron chi connectivity index (χ3n) is 5.51. The molecular weight excluding hydrogens is 407 g/mol. The number of carbonyl (C=O) groups is 1. The van der Waals surface area contributed by atoms with Gasteiger partial charge in [-0.1, -0.05) is 23.7 Å². The molecule has 2 aromatic carbocycles. The Labute approximate surface area is 182 Å². The average molecular weight is 435 g/mol. The number of piperazine rings is 1. The van der Waals surface area contributed by atoms with Crippen LogP contribution in [0.1, 0.15) is 38.0 Å². The molecule has 1 aliphatic heterocycles. The molecule has 0 spiro atoms. The van der Waals surface area contributed by atoms with Crippen molar-refractivity contribution < 1.29 is 19.0 Å². The van der Waals surface area contributed by atoms with E-state index in [0.717, 1.165) is 12.1 Å². The predicted molar refractivity (Wildman–Crippen MR) is 115 cm³/mol. The molecule has 162 valence electrons. The summed E-state index contributed by atoms with van der Waals surface area (Å²) in [7, 11) is 0. The van der Waals surface area contributed by atoms with Gasteiger partial charge in [0.1, 0.15) is 11.6 Å². The fourth-order valence-corrected chi connectivity index (χ4v) is 3.97. The molecule has 0 aromatic heterocycles. The summed E-state index contributed by atoms with van der Waals surface area (Å²) in [4.78, 5) is 17.0. The lowest BCUT2D eigenvalue weighted by Crippen LogP contribution is -2.58. The van der Waals surface area contributed by atoms with E-state index in [4.69, 9.17) is 16.3 Å². The Balaban J connectivity index is 1.59. The lowest BCUT2D eigenvalue weighted by atomic mass is 10.1.